The van der Waals surface area contributed by atoms with Crippen molar-refractivity contribution in [1.29, 1.82) is 0 Å². The molecule has 1 heterocycles. The molecular weight excluding hydrogens is 326 g/mol. The molecule has 0 amide bonds. The molecule has 0 aliphatic carbocycles. The molecule has 0 fully saturated rings. The molecule has 1 atom stereocenters. The fraction of sp³-hybridized carbons (Fsp3) is 0.467. The Balaban J connectivity index is 2.53. The molecule has 3 nitrogen and oxygen atoms in total. The van der Waals surface area contributed by atoms with Gasteiger partial charge in [0.05, 0.1) is 5.88 Å². The summed E-state index contributed by atoms with van der Waals surface area (Å²) < 4.78 is 28.2. The predicted octanol–water partition coefficient (Wildman–Crippen LogP) is 4.31. The van der Waals surface area contributed by atoms with Gasteiger partial charge in [-0.05, 0) is 12.0 Å². The number of fused-ring (bicyclic) bond motifs is 1. The Bertz CT molecular complexity index is 724. The van der Waals surface area contributed by atoms with Crippen LogP contribution in [0.3, 0.4) is 0 Å². The van der Waals surface area contributed by atoms with Crippen LogP contribution < -0.4 is 0 Å². The van der Waals surface area contributed by atoms with Crippen molar-refractivity contribution in [3.8, 4) is 0 Å². The van der Waals surface area contributed by atoms with E-state index in [0.717, 1.165) is 16.5 Å². The highest BCUT2D eigenvalue weighted by Crippen LogP contribution is 2.37. The standard InChI is InChI=1S/C15H20ClNO2S2/c1-4-11(2)10-17(3)21(18,19)15-12-7-5-6-8-13(12)20-14(15)9-16/h5-8,11H,4,9-10H2,1-3H3. The molecule has 21 heavy (non-hydrogen) atoms. The van der Waals surface area contributed by atoms with Crippen LogP contribution in [0, 0.1) is 5.92 Å². The van der Waals surface area contributed by atoms with Crippen LogP contribution in [0.15, 0.2) is 29.2 Å². The van der Waals surface area contributed by atoms with Gasteiger partial charge < -0.3 is 0 Å². The lowest BCUT2D eigenvalue weighted by atomic mass is 10.1. The zero-order chi connectivity index (χ0) is 15.6. The van der Waals surface area contributed by atoms with Crippen molar-refractivity contribution >= 4 is 43.0 Å². The Morgan fingerprint density at radius 3 is 2.62 bits per heavy atom. The van der Waals surface area contributed by atoms with Crippen molar-refractivity contribution in [2.24, 2.45) is 5.92 Å². The fourth-order valence-electron chi connectivity index (χ4n) is 2.27. The van der Waals surface area contributed by atoms with Gasteiger partial charge in [-0.3, -0.25) is 0 Å². The molecule has 0 aliphatic rings. The van der Waals surface area contributed by atoms with Gasteiger partial charge in [0.2, 0.25) is 10.0 Å². The second-order valence-corrected chi connectivity index (χ2v) is 8.67. The summed E-state index contributed by atoms with van der Waals surface area (Å²) in [7, 11) is -1.87. The molecule has 0 saturated carbocycles. The molecule has 116 valence electrons. The van der Waals surface area contributed by atoms with Gasteiger partial charge in [0.1, 0.15) is 4.90 Å². The van der Waals surface area contributed by atoms with Gasteiger partial charge in [-0.15, -0.1) is 22.9 Å². The Hall–Kier alpha value is -0.620. The van der Waals surface area contributed by atoms with Crippen LogP contribution in [0.25, 0.3) is 10.1 Å². The van der Waals surface area contributed by atoms with Gasteiger partial charge in [-0.25, -0.2) is 12.7 Å². The monoisotopic (exact) mass is 345 g/mol. The van der Waals surface area contributed by atoms with Crippen LogP contribution in [0.5, 0.6) is 0 Å². The minimum Gasteiger partial charge on any atom is -0.207 e. The number of rotatable bonds is 6. The lowest BCUT2D eigenvalue weighted by molar-refractivity contribution is 0.394. The maximum absolute atomic E-state index is 12.9. The molecule has 1 aromatic carbocycles. The molecule has 0 N–H and O–H groups in total. The van der Waals surface area contributed by atoms with E-state index in [2.05, 4.69) is 13.8 Å². The number of alkyl halides is 1. The van der Waals surface area contributed by atoms with Crippen molar-refractivity contribution in [1.82, 2.24) is 4.31 Å². The average Bonchev–Trinajstić information content (AvgIpc) is 2.85. The van der Waals surface area contributed by atoms with E-state index in [4.69, 9.17) is 11.6 Å². The van der Waals surface area contributed by atoms with E-state index in [1.165, 1.54) is 15.6 Å². The minimum absolute atomic E-state index is 0.213. The maximum atomic E-state index is 12.9. The number of hydrogen-bond donors (Lipinski definition) is 0. The smallest absolute Gasteiger partial charge is 0.207 e. The molecule has 0 bridgehead atoms. The van der Waals surface area contributed by atoms with E-state index in [-0.39, 0.29) is 5.88 Å². The van der Waals surface area contributed by atoms with E-state index in [9.17, 15) is 8.42 Å². The fourth-order valence-corrected chi connectivity index (χ4v) is 5.67. The highest BCUT2D eigenvalue weighted by Gasteiger charge is 2.28. The summed E-state index contributed by atoms with van der Waals surface area (Å²) in [5.41, 5.74) is 0. The van der Waals surface area contributed by atoms with Gasteiger partial charge in [0.25, 0.3) is 0 Å². The first-order valence-corrected chi connectivity index (χ1v) is 9.73. The molecule has 0 radical (unpaired) electrons. The van der Waals surface area contributed by atoms with Gasteiger partial charge in [0.15, 0.2) is 0 Å². The van der Waals surface area contributed by atoms with Gasteiger partial charge in [0, 0.05) is 28.6 Å². The highest BCUT2D eigenvalue weighted by atomic mass is 35.5. The molecule has 0 aliphatic heterocycles. The Labute approximate surface area is 135 Å². The number of thiophene rings is 1. The first-order valence-electron chi connectivity index (χ1n) is 6.94. The van der Waals surface area contributed by atoms with Crippen molar-refractivity contribution in [3.05, 3.63) is 29.1 Å². The maximum Gasteiger partial charge on any atom is 0.244 e. The van der Waals surface area contributed by atoms with E-state index in [1.54, 1.807) is 7.05 Å². The second kappa shape index (κ2) is 6.65. The molecule has 2 aromatic rings. The molecule has 0 saturated heterocycles. The second-order valence-electron chi connectivity index (χ2n) is 5.28. The van der Waals surface area contributed by atoms with Gasteiger partial charge in [-0.1, -0.05) is 38.5 Å². The number of nitrogens with zero attached hydrogens (tertiary/aromatic N) is 1. The third kappa shape index (κ3) is 3.26. The first-order chi connectivity index (χ1) is 9.91. The highest BCUT2D eigenvalue weighted by molar-refractivity contribution is 7.89. The summed E-state index contributed by atoms with van der Waals surface area (Å²) in [6.07, 6.45) is 0.951. The Morgan fingerprint density at radius 1 is 1.33 bits per heavy atom. The van der Waals surface area contributed by atoms with Gasteiger partial charge >= 0.3 is 0 Å². The van der Waals surface area contributed by atoms with E-state index >= 15 is 0 Å². The molecular formula is C15H20ClNO2S2. The Morgan fingerprint density at radius 2 is 2.00 bits per heavy atom. The summed E-state index contributed by atoms with van der Waals surface area (Å²) in [5, 5.41) is 0.772. The van der Waals surface area contributed by atoms with E-state index < -0.39 is 10.0 Å². The zero-order valence-electron chi connectivity index (χ0n) is 12.5. The van der Waals surface area contributed by atoms with Crippen molar-refractivity contribution in [3.63, 3.8) is 0 Å². The van der Waals surface area contributed by atoms with E-state index in [1.807, 2.05) is 24.3 Å². The topological polar surface area (TPSA) is 37.4 Å². The summed E-state index contributed by atoms with van der Waals surface area (Å²) in [6, 6.07) is 7.56. The van der Waals surface area contributed by atoms with Crippen molar-refractivity contribution in [2.45, 2.75) is 31.0 Å². The van der Waals surface area contributed by atoms with Crippen LogP contribution in [-0.4, -0.2) is 26.3 Å². The molecule has 1 unspecified atom stereocenters. The zero-order valence-corrected chi connectivity index (χ0v) is 14.9. The lowest BCUT2D eigenvalue weighted by Gasteiger charge is -2.20. The van der Waals surface area contributed by atoms with Crippen LogP contribution in [-0.2, 0) is 15.9 Å². The van der Waals surface area contributed by atoms with Crippen LogP contribution in [0.1, 0.15) is 25.1 Å². The number of sulfonamides is 1. The van der Waals surface area contributed by atoms with Crippen LogP contribution in [0.2, 0.25) is 0 Å². The van der Waals surface area contributed by atoms with Crippen molar-refractivity contribution in [2.75, 3.05) is 13.6 Å². The van der Waals surface area contributed by atoms with Gasteiger partial charge in [-0.2, -0.15) is 0 Å². The summed E-state index contributed by atoms with van der Waals surface area (Å²) in [6.45, 7) is 4.64. The lowest BCUT2D eigenvalue weighted by Crippen LogP contribution is -2.31. The normalized spacial score (nSPS) is 14.0. The number of hydrogen-bond acceptors (Lipinski definition) is 3. The largest absolute Gasteiger partial charge is 0.244 e. The van der Waals surface area contributed by atoms with Crippen LogP contribution in [0.4, 0.5) is 0 Å². The molecule has 0 spiro atoms. The summed E-state index contributed by atoms with van der Waals surface area (Å²) in [5.74, 6) is 0.541. The first kappa shape index (κ1) is 16.7. The van der Waals surface area contributed by atoms with Crippen molar-refractivity contribution < 1.29 is 8.42 Å². The summed E-state index contributed by atoms with van der Waals surface area (Å²) >= 11 is 7.43. The SMILES string of the molecule is CCC(C)CN(C)S(=O)(=O)c1c(CCl)sc2ccccc12. The predicted molar refractivity (Wildman–Crippen MR) is 90.7 cm³/mol. The minimum atomic E-state index is -3.51. The third-order valence-corrected chi connectivity index (χ3v) is 7.35. The number of halogens is 1. The van der Waals surface area contributed by atoms with E-state index in [0.29, 0.717) is 22.2 Å². The average molecular weight is 346 g/mol. The molecule has 1 aromatic heterocycles. The third-order valence-electron chi connectivity index (χ3n) is 3.67. The quantitative estimate of drug-likeness (QED) is 0.732. The summed E-state index contributed by atoms with van der Waals surface area (Å²) in [4.78, 5) is 1.10. The Kier molecular flexibility index (Phi) is 5.30. The molecule has 2 rings (SSSR count). The molecule has 6 heteroatoms. The van der Waals surface area contributed by atoms with Crippen LogP contribution >= 0.6 is 22.9 Å². The number of benzene rings is 1.